The average molecular weight is 548 g/mol. The molecule has 1 fully saturated rings. The molecule has 35 heavy (non-hydrogen) atoms. The molecule has 0 spiro atoms. The first kappa shape index (κ1) is 26.7. The van der Waals surface area contributed by atoms with Crippen LogP contribution in [0.25, 0.3) is 0 Å². The lowest BCUT2D eigenvalue weighted by Gasteiger charge is -2.17. The van der Waals surface area contributed by atoms with Gasteiger partial charge in [0.05, 0.1) is 10.5 Å². The van der Waals surface area contributed by atoms with Crippen molar-refractivity contribution < 1.29 is 9.59 Å². The zero-order valence-electron chi connectivity index (χ0n) is 20.3. The zero-order valence-corrected chi connectivity index (χ0v) is 21.9. The first-order chi connectivity index (χ1) is 16.9. The summed E-state index contributed by atoms with van der Waals surface area (Å²) in [5.74, 6) is 1.10. The van der Waals surface area contributed by atoms with Gasteiger partial charge in [0.15, 0.2) is 0 Å². The Morgan fingerprint density at radius 3 is 2.69 bits per heavy atom. The molecule has 1 aliphatic rings. The van der Waals surface area contributed by atoms with Gasteiger partial charge in [0.1, 0.15) is 5.82 Å². The monoisotopic (exact) mass is 546 g/mol. The fourth-order valence-electron chi connectivity index (χ4n) is 3.61. The number of aromatic nitrogens is 2. The minimum Gasteiger partial charge on any atom is -0.369 e. The van der Waals surface area contributed by atoms with Gasteiger partial charge >= 0.3 is 6.03 Å². The minimum absolute atomic E-state index is 0.0796. The van der Waals surface area contributed by atoms with Crippen LogP contribution in [-0.2, 0) is 4.79 Å². The number of carbonyl (C=O) groups excluding carboxylic acids is 2. The van der Waals surface area contributed by atoms with E-state index >= 15 is 0 Å². The first-order valence-corrected chi connectivity index (χ1v) is 12.9. The molecule has 0 aliphatic carbocycles. The van der Waals surface area contributed by atoms with E-state index in [0.29, 0.717) is 30.5 Å². The number of benzene rings is 1. The van der Waals surface area contributed by atoms with E-state index < -0.39 is 6.04 Å². The predicted octanol–water partition coefficient (Wildman–Crippen LogP) is 3.90. The molecule has 190 valence electrons. The Morgan fingerprint density at radius 2 is 1.94 bits per heavy atom. The lowest BCUT2D eigenvalue weighted by atomic mass is 9.99. The molecule has 1 aromatic carbocycles. The maximum absolute atomic E-state index is 12.4. The Bertz CT molecular complexity index is 999. The van der Waals surface area contributed by atoms with Gasteiger partial charge in [-0.3, -0.25) is 4.79 Å². The third-order valence-corrected chi connectivity index (χ3v) is 6.59. The Labute approximate surface area is 215 Å². The molecule has 1 aliphatic heterocycles. The van der Waals surface area contributed by atoms with Crippen molar-refractivity contribution >= 4 is 51.0 Å². The van der Waals surface area contributed by atoms with Crippen LogP contribution in [0.2, 0.25) is 0 Å². The zero-order chi connectivity index (χ0) is 25.2. The number of nitrogens with zero attached hydrogens (tertiary/aromatic N) is 3. The van der Waals surface area contributed by atoms with E-state index in [-0.39, 0.29) is 17.9 Å². The fraction of sp³-hybridized carbons (Fsp3) is 0.500. The molecule has 3 rings (SSSR count). The van der Waals surface area contributed by atoms with Gasteiger partial charge in [-0.2, -0.15) is 4.98 Å². The molecule has 10 nitrogen and oxygen atoms in total. The second kappa shape index (κ2) is 13.2. The van der Waals surface area contributed by atoms with Crippen LogP contribution in [0.1, 0.15) is 39.5 Å². The number of hydrogen-bond donors (Lipinski definition) is 5. The number of urea groups is 1. The standard InChI is InChI=1S/C24H35BrN8O2/c1-3-16(2)20(26)22(34)28-11-7-10-27-21-19(25)15-29-23(32-21)30-17-8-6-9-18(14-17)31-24(35)33-12-4-5-13-33/h6,8-9,14-16,20H,3-5,7,10-13,26H2,1-2H3,(H,28,34)(H,31,35)(H2,27,29,30,32)/t16-,20-/m0/s1. The van der Waals surface area contributed by atoms with E-state index in [1.807, 2.05) is 43.0 Å². The minimum atomic E-state index is -0.482. The summed E-state index contributed by atoms with van der Waals surface area (Å²) in [5, 5.41) is 12.3. The SMILES string of the molecule is CC[C@H](C)[C@H](N)C(=O)NCCCNc1nc(Nc2cccc(NC(=O)N3CCCC3)c2)ncc1Br. The summed E-state index contributed by atoms with van der Waals surface area (Å²) < 4.78 is 0.734. The maximum atomic E-state index is 12.4. The first-order valence-electron chi connectivity index (χ1n) is 12.1. The van der Waals surface area contributed by atoms with Gasteiger partial charge in [-0.25, -0.2) is 9.78 Å². The predicted molar refractivity (Wildman–Crippen MR) is 143 cm³/mol. The highest BCUT2D eigenvalue weighted by Gasteiger charge is 2.19. The molecule has 0 radical (unpaired) electrons. The molecule has 2 heterocycles. The van der Waals surface area contributed by atoms with Gasteiger partial charge in [0.2, 0.25) is 11.9 Å². The second-order valence-corrected chi connectivity index (χ2v) is 9.56. The third-order valence-electron chi connectivity index (χ3n) is 6.01. The summed E-state index contributed by atoms with van der Waals surface area (Å²) in [7, 11) is 0. The highest BCUT2D eigenvalue weighted by Crippen LogP contribution is 2.23. The number of amides is 3. The lowest BCUT2D eigenvalue weighted by molar-refractivity contribution is -0.123. The molecular weight excluding hydrogens is 512 g/mol. The van der Waals surface area contributed by atoms with E-state index in [0.717, 1.165) is 48.9 Å². The molecule has 0 unspecified atom stereocenters. The number of rotatable bonds is 11. The van der Waals surface area contributed by atoms with Crippen molar-refractivity contribution in [1.82, 2.24) is 20.2 Å². The van der Waals surface area contributed by atoms with E-state index in [4.69, 9.17) is 5.73 Å². The van der Waals surface area contributed by atoms with Crippen LogP contribution in [0.3, 0.4) is 0 Å². The molecule has 11 heteroatoms. The number of carbonyl (C=O) groups is 2. The Morgan fingerprint density at radius 1 is 1.20 bits per heavy atom. The number of halogens is 1. The van der Waals surface area contributed by atoms with E-state index in [1.54, 1.807) is 6.20 Å². The van der Waals surface area contributed by atoms with Crippen LogP contribution in [-0.4, -0.2) is 59.0 Å². The number of nitrogens with two attached hydrogens (primary N) is 1. The van der Waals surface area contributed by atoms with Gasteiger partial charge in [-0.05, 0) is 59.3 Å². The molecule has 1 aromatic heterocycles. The van der Waals surface area contributed by atoms with Crippen molar-refractivity contribution in [2.24, 2.45) is 11.7 Å². The summed E-state index contributed by atoms with van der Waals surface area (Å²) in [6, 6.07) is 6.88. The summed E-state index contributed by atoms with van der Waals surface area (Å²) in [6.45, 7) is 6.74. The molecule has 0 bridgehead atoms. The van der Waals surface area contributed by atoms with E-state index in [2.05, 4.69) is 47.2 Å². The summed E-state index contributed by atoms with van der Waals surface area (Å²) in [6.07, 6.45) is 5.35. The smallest absolute Gasteiger partial charge is 0.321 e. The Balaban J connectivity index is 1.49. The third kappa shape index (κ3) is 8.07. The highest BCUT2D eigenvalue weighted by molar-refractivity contribution is 9.10. The largest absolute Gasteiger partial charge is 0.369 e. The molecular formula is C24H35BrN8O2. The summed E-state index contributed by atoms with van der Waals surface area (Å²) in [4.78, 5) is 35.1. The highest BCUT2D eigenvalue weighted by atomic mass is 79.9. The summed E-state index contributed by atoms with van der Waals surface area (Å²) in [5.41, 5.74) is 7.43. The van der Waals surface area contributed by atoms with Crippen LogP contribution in [0.15, 0.2) is 34.9 Å². The molecule has 3 amide bonds. The van der Waals surface area contributed by atoms with Crippen molar-refractivity contribution in [2.45, 2.75) is 45.6 Å². The fourth-order valence-corrected chi connectivity index (χ4v) is 3.95. The Hall–Kier alpha value is -2.92. The number of hydrogen-bond acceptors (Lipinski definition) is 7. The molecule has 6 N–H and O–H groups in total. The van der Waals surface area contributed by atoms with Crippen molar-refractivity contribution in [2.75, 3.05) is 42.1 Å². The number of anilines is 4. The van der Waals surface area contributed by atoms with Crippen molar-refractivity contribution in [3.05, 3.63) is 34.9 Å². The molecule has 1 saturated heterocycles. The average Bonchev–Trinajstić information content (AvgIpc) is 3.40. The quantitative estimate of drug-likeness (QED) is 0.269. The summed E-state index contributed by atoms with van der Waals surface area (Å²) >= 11 is 3.47. The van der Waals surface area contributed by atoms with Gasteiger partial charge in [-0.1, -0.05) is 26.3 Å². The van der Waals surface area contributed by atoms with Crippen LogP contribution in [0.5, 0.6) is 0 Å². The van der Waals surface area contributed by atoms with Gasteiger partial charge in [0.25, 0.3) is 0 Å². The normalized spacial score (nSPS) is 14.8. The lowest BCUT2D eigenvalue weighted by Crippen LogP contribution is -2.45. The number of nitrogens with one attached hydrogen (secondary N) is 4. The topological polar surface area (TPSA) is 137 Å². The van der Waals surface area contributed by atoms with Gasteiger partial charge < -0.3 is 31.9 Å². The van der Waals surface area contributed by atoms with Crippen LogP contribution >= 0.6 is 15.9 Å². The van der Waals surface area contributed by atoms with Crippen molar-refractivity contribution in [3.8, 4) is 0 Å². The van der Waals surface area contributed by atoms with Gasteiger partial charge in [-0.15, -0.1) is 0 Å². The Kier molecular flexibility index (Phi) is 10.1. The van der Waals surface area contributed by atoms with Crippen LogP contribution < -0.4 is 27.0 Å². The number of likely N-dealkylation sites (tertiary alicyclic amines) is 1. The maximum Gasteiger partial charge on any atom is 0.321 e. The van der Waals surface area contributed by atoms with Gasteiger partial charge in [0, 0.05) is 43.8 Å². The molecule has 2 atom stereocenters. The van der Waals surface area contributed by atoms with Crippen LogP contribution in [0.4, 0.5) is 27.9 Å². The molecule has 0 saturated carbocycles. The second-order valence-electron chi connectivity index (χ2n) is 8.70. The molecule has 2 aromatic rings. The van der Waals surface area contributed by atoms with Crippen molar-refractivity contribution in [1.29, 1.82) is 0 Å². The van der Waals surface area contributed by atoms with Crippen molar-refractivity contribution in [3.63, 3.8) is 0 Å². The van der Waals surface area contributed by atoms with Crippen LogP contribution in [0, 0.1) is 5.92 Å². The van der Waals surface area contributed by atoms with E-state index in [1.165, 1.54) is 0 Å². The van der Waals surface area contributed by atoms with E-state index in [9.17, 15) is 9.59 Å².